The first-order chi connectivity index (χ1) is 17.1. The number of hydrogen-bond acceptors (Lipinski definition) is 5. The summed E-state index contributed by atoms with van der Waals surface area (Å²) in [7, 11) is 1.83. The van der Waals surface area contributed by atoms with Crippen LogP contribution in [0, 0.1) is 46.2 Å². The molecule has 36 heavy (non-hydrogen) atoms. The zero-order valence-corrected chi connectivity index (χ0v) is 21.9. The monoisotopic (exact) mass is 497 g/mol. The van der Waals surface area contributed by atoms with Crippen molar-refractivity contribution >= 4 is 16.8 Å². The Hall–Kier alpha value is -1.86. The normalized spacial score (nSPS) is 42.1. The Morgan fingerprint density at radius 3 is 2.69 bits per heavy atom. The Kier molecular flexibility index (Phi) is 5.84. The highest BCUT2D eigenvalue weighted by Crippen LogP contribution is 2.68. The Bertz CT molecular complexity index is 1160. The van der Waals surface area contributed by atoms with Crippen LogP contribution in [-0.4, -0.2) is 45.2 Å². The van der Waals surface area contributed by atoms with Gasteiger partial charge in [0, 0.05) is 19.1 Å². The molecule has 8 atom stereocenters. The number of aliphatic hydroxyl groups is 1. The van der Waals surface area contributed by atoms with Gasteiger partial charge in [-0.15, -0.1) is 0 Å². The molecule has 6 rings (SSSR count). The predicted octanol–water partition coefficient (Wildman–Crippen LogP) is 5.18. The highest BCUT2D eigenvalue weighted by atomic mass is 19.1. The fourth-order valence-electron chi connectivity index (χ4n) is 9.56. The molecule has 1 aromatic carbocycles. The van der Waals surface area contributed by atoms with Crippen LogP contribution in [0.15, 0.2) is 18.2 Å². The SMILES string of the molecule is COCC12CCC(C)(O)CC1CCC1C3CCC(C(=O)Cn4nc5ccc(F)cc5n4)C3(C)CCC12. The number of ether oxygens (including phenoxy) is 1. The molecule has 6 nitrogen and oxygen atoms in total. The van der Waals surface area contributed by atoms with Crippen molar-refractivity contribution in [2.24, 2.45) is 40.4 Å². The van der Waals surface area contributed by atoms with Crippen molar-refractivity contribution in [2.45, 2.75) is 83.8 Å². The van der Waals surface area contributed by atoms with E-state index in [9.17, 15) is 14.3 Å². The maximum Gasteiger partial charge on any atom is 0.159 e. The molecule has 2 aromatic rings. The first kappa shape index (κ1) is 24.5. The summed E-state index contributed by atoms with van der Waals surface area (Å²) in [5, 5.41) is 19.7. The van der Waals surface area contributed by atoms with E-state index in [2.05, 4.69) is 17.1 Å². The van der Waals surface area contributed by atoms with Gasteiger partial charge in [-0.3, -0.25) is 4.79 Å². The Labute approximate surface area is 213 Å². The minimum Gasteiger partial charge on any atom is -0.390 e. The van der Waals surface area contributed by atoms with Crippen LogP contribution in [0.5, 0.6) is 0 Å². The van der Waals surface area contributed by atoms with Crippen molar-refractivity contribution < 1.29 is 19.0 Å². The zero-order chi connectivity index (χ0) is 25.3. The molecule has 4 fully saturated rings. The number of fused-ring (bicyclic) bond motifs is 6. The summed E-state index contributed by atoms with van der Waals surface area (Å²) in [6.45, 7) is 5.32. The number of nitrogens with zero attached hydrogens (tertiary/aromatic N) is 3. The first-order valence-corrected chi connectivity index (χ1v) is 13.9. The number of methoxy groups -OCH3 is 1. The summed E-state index contributed by atoms with van der Waals surface area (Å²) in [5.74, 6) is 2.23. The van der Waals surface area contributed by atoms with E-state index in [-0.39, 0.29) is 34.9 Å². The maximum atomic E-state index is 13.6. The zero-order valence-electron chi connectivity index (χ0n) is 21.9. The first-order valence-electron chi connectivity index (χ1n) is 13.9. The van der Waals surface area contributed by atoms with E-state index in [1.165, 1.54) is 23.4 Å². The van der Waals surface area contributed by atoms with Crippen molar-refractivity contribution in [1.29, 1.82) is 0 Å². The largest absolute Gasteiger partial charge is 0.390 e. The van der Waals surface area contributed by atoms with Gasteiger partial charge < -0.3 is 9.84 Å². The van der Waals surface area contributed by atoms with Crippen LogP contribution in [0.1, 0.15) is 71.6 Å². The summed E-state index contributed by atoms with van der Waals surface area (Å²) in [6.07, 6.45) is 9.42. The summed E-state index contributed by atoms with van der Waals surface area (Å²) >= 11 is 0. The van der Waals surface area contributed by atoms with E-state index >= 15 is 0 Å². The van der Waals surface area contributed by atoms with Crippen LogP contribution in [0.25, 0.3) is 11.0 Å². The van der Waals surface area contributed by atoms with Gasteiger partial charge in [0.2, 0.25) is 0 Å². The third kappa shape index (κ3) is 3.75. The van der Waals surface area contributed by atoms with Gasteiger partial charge in [-0.1, -0.05) is 6.92 Å². The second-order valence-electron chi connectivity index (χ2n) is 13.0. The Morgan fingerprint density at radius 1 is 1.08 bits per heavy atom. The highest BCUT2D eigenvalue weighted by Gasteiger charge is 2.63. The van der Waals surface area contributed by atoms with Crippen molar-refractivity contribution in [1.82, 2.24) is 15.0 Å². The molecule has 4 saturated carbocycles. The van der Waals surface area contributed by atoms with Gasteiger partial charge in [0.1, 0.15) is 23.4 Å². The minimum atomic E-state index is -0.556. The molecule has 0 aliphatic heterocycles. The lowest BCUT2D eigenvalue weighted by Crippen LogP contribution is -2.58. The van der Waals surface area contributed by atoms with E-state index in [1.807, 2.05) is 14.0 Å². The number of rotatable bonds is 5. The summed E-state index contributed by atoms with van der Waals surface area (Å²) in [5.41, 5.74) is 0.729. The summed E-state index contributed by atoms with van der Waals surface area (Å²) in [6, 6.07) is 4.36. The van der Waals surface area contributed by atoms with Crippen LogP contribution in [0.2, 0.25) is 0 Å². The number of hydrogen-bond donors (Lipinski definition) is 1. The molecule has 8 unspecified atom stereocenters. The van der Waals surface area contributed by atoms with Gasteiger partial charge in [0.15, 0.2) is 5.78 Å². The lowest BCUT2D eigenvalue weighted by Gasteiger charge is -2.62. The van der Waals surface area contributed by atoms with Crippen LogP contribution < -0.4 is 0 Å². The number of Topliss-reactive ketones (excluding diaryl/α,β-unsaturated/α-hetero) is 1. The molecule has 1 aromatic heterocycles. The second kappa shape index (κ2) is 8.59. The average Bonchev–Trinajstić information content (AvgIpc) is 3.38. The van der Waals surface area contributed by atoms with Crippen LogP contribution in [-0.2, 0) is 16.1 Å². The van der Waals surface area contributed by atoms with Crippen LogP contribution >= 0.6 is 0 Å². The average molecular weight is 498 g/mol. The quantitative estimate of drug-likeness (QED) is 0.616. The second-order valence-corrected chi connectivity index (χ2v) is 13.0. The topological polar surface area (TPSA) is 77.2 Å². The van der Waals surface area contributed by atoms with Crippen molar-refractivity contribution in [3.05, 3.63) is 24.0 Å². The van der Waals surface area contributed by atoms with Gasteiger partial charge in [-0.05, 0) is 111 Å². The van der Waals surface area contributed by atoms with E-state index in [0.717, 1.165) is 58.0 Å². The molecular formula is C29H40FN3O3. The molecular weight excluding hydrogens is 457 g/mol. The van der Waals surface area contributed by atoms with E-state index in [0.29, 0.717) is 34.7 Å². The molecule has 0 bridgehead atoms. The number of carbonyl (C=O) groups excluding carboxylic acids is 1. The van der Waals surface area contributed by atoms with E-state index < -0.39 is 5.60 Å². The number of halogens is 1. The number of ketones is 1. The lowest BCUT2D eigenvalue weighted by molar-refractivity contribution is -0.175. The molecule has 0 amide bonds. The summed E-state index contributed by atoms with van der Waals surface area (Å²) in [4.78, 5) is 15.1. The van der Waals surface area contributed by atoms with Crippen molar-refractivity contribution in [3.8, 4) is 0 Å². The fourth-order valence-corrected chi connectivity index (χ4v) is 9.56. The maximum absolute atomic E-state index is 13.6. The van der Waals surface area contributed by atoms with Gasteiger partial charge in [0.25, 0.3) is 0 Å². The fraction of sp³-hybridized carbons (Fsp3) is 0.759. The molecule has 7 heteroatoms. The van der Waals surface area contributed by atoms with Crippen molar-refractivity contribution in [2.75, 3.05) is 13.7 Å². The number of aromatic nitrogens is 3. The molecule has 0 radical (unpaired) electrons. The van der Waals surface area contributed by atoms with Gasteiger partial charge >= 0.3 is 0 Å². The van der Waals surface area contributed by atoms with Crippen molar-refractivity contribution in [3.63, 3.8) is 0 Å². The third-order valence-corrected chi connectivity index (χ3v) is 11.1. The molecule has 1 N–H and O–H groups in total. The van der Waals surface area contributed by atoms with Gasteiger partial charge in [0.05, 0.1) is 12.2 Å². The molecule has 1 heterocycles. The van der Waals surface area contributed by atoms with E-state index in [4.69, 9.17) is 4.74 Å². The molecule has 4 aliphatic carbocycles. The predicted molar refractivity (Wildman–Crippen MR) is 135 cm³/mol. The molecule has 196 valence electrons. The minimum absolute atomic E-state index is 0.0121. The molecule has 0 spiro atoms. The highest BCUT2D eigenvalue weighted by molar-refractivity contribution is 5.82. The number of benzene rings is 1. The third-order valence-electron chi connectivity index (χ3n) is 11.1. The standard InChI is InChI=1S/C29H40FN3O3/c1-27(35)12-13-29(17-36-3)18(15-27)4-6-20-21-7-8-23(28(21,2)11-10-22(20)29)26(34)16-33-31-24-9-5-19(30)14-25(24)32-33/h5,9,14,18,20-23,35H,4,6-8,10-13,15-17H2,1-3H3. The van der Waals surface area contributed by atoms with Gasteiger partial charge in [-0.2, -0.15) is 15.0 Å². The lowest BCUT2D eigenvalue weighted by atomic mass is 9.43. The summed E-state index contributed by atoms with van der Waals surface area (Å²) < 4.78 is 19.5. The van der Waals surface area contributed by atoms with Gasteiger partial charge in [-0.25, -0.2) is 4.39 Å². The molecule has 4 aliphatic rings. The van der Waals surface area contributed by atoms with E-state index in [1.54, 1.807) is 6.07 Å². The Balaban J connectivity index is 1.22. The Morgan fingerprint density at radius 2 is 1.89 bits per heavy atom. The van der Waals surface area contributed by atoms with Crippen LogP contribution in [0.4, 0.5) is 4.39 Å². The number of carbonyl (C=O) groups is 1. The smallest absolute Gasteiger partial charge is 0.159 e. The van der Waals surface area contributed by atoms with Crippen LogP contribution in [0.3, 0.4) is 0 Å². The molecule has 0 saturated heterocycles.